The Balaban J connectivity index is 1.11. The van der Waals surface area contributed by atoms with Crippen molar-refractivity contribution in [2.24, 2.45) is 5.92 Å². The Labute approximate surface area is 196 Å². The molecule has 0 spiro atoms. The van der Waals surface area contributed by atoms with Crippen LogP contribution in [0.15, 0.2) is 24.5 Å². The zero-order valence-corrected chi connectivity index (χ0v) is 18.5. The highest BCUT2D eigenvalue weighted by atomic mass is 19.4. The SMILES string of the molecule is O=C(NC12CC(C1)C2)O[C@@H]1CC[C@H](c2cc(Nc3nccc4nc(CC(F)(F)F)cn34)n[nH]2)[C@@H]1F. The Morgan fingerprint density at radius 2 is 2.09 bits per heavy atom. The lowest BCUT2D eigenvalue weighted by Gasteiger charge is -2.61. The van der Waals surface area contributed by atoms with E-state index < -0.39 is 36.9 Å². The molecule has 0 saturated heterocycles. The lowest BCUT2D eigenvalue weighted by molar-refractivity contribution is -0.127. The Bertz CT molecular complexity index is 1260. The smallest absolute Gasteiger partial charge is 0.407 e. The molecule has 4 fully saturated rings. The normalized spacial score (nSPS) is 29.5. The summed E-state index contributed by atoms with van der Waals surface area (Å²) >= 11 is 0. The molecular formula is C22H23F4N7O2. The van der Waals surface area contributed by atoms with E-state index in [1.165, 1.54) is 22.9 Å². The minimum Gasteiger partial charge on any atom is -0.443 e. The minimum atomic E-state index is -4.38. The van der Waals surface area contributed by atoms with Crippen LogP contribution in [0.25, 0.3) is 5.65 Å². The number of imidazole rings is 1. The van der Waals surface area contributed by atoms with Crippen LogP contribution in [0.5, 0.6) is 0 Å². The van der Waals surface area contributed by atoms with Gasteiger partial charge in [-0.15, -0.1) is 0 Å². The Hall–Kier alpha value is -3.38. The van der Waals surface area contributed by atoms with Crippen LogP contribution >= 0.6 is 0 Å². The number of rotatable bonds is 6. The predicted molar refractivity (Wildman–Crippen MR) is 115 cm³/mol. The number of fused-ring (bicyclic) bond motifs is 1. The predicted octanol–water partition coefficient (Wildman–Crippen LogP) is 4.16. The average Bonchev–Trinajstić information content (AvgIpc) is 3.42. The van der Waals surface area contributed by atoms with Gasteiger partial charge in [0.15, 0.2) is 5.82 Å². The van der Waals surface area contributed by atoms with E-state index in [1.807, 2.05) is 0 Å². The third-order valence-corrected chi connectivity index (χ3v) is 7.22. The van der Waals surface area contributed by atoms with Crippen molar-refractivity contribution in [3.63, 3.8) is 0 Å². The molecule has 4 aliphatic carbocycles. The maximum absolute atomic E-state index is 15.1. The fraction of sp³-hybridized carbons (Fsp3) is 0.545. The van der Waals surface area contributed by atoms with Crippen LogP contribution in [0, 0.1) is 5.92 Å². The third kappa shape index (κ3) is 4.16. The van der Waals surface area contributed by atoms with Crippen molar-refractivity contribution < 1.29 is 27.1 Å². The first kappa shape index (κ1) is 22.1. The first-order valence-corrected chi connectivity index (χ1v) is 11.5. The number of nitrogens with one attached hydrogen (secondary N) is 3. The minimum absolute atomic E-state index is 0.130. The first-order chi connectivity index (χ1) is 16.7. The number of nitrogens with zero attached hydrogens (tertiary/aromatic N) is 4. The molecule has 3 heterocycles. The molecule has 2 bridgehead atoms. The first-order valence-electron chi connectivity index (χ1n) is 11.5. The number of carbonyl (C=O) groups excluding carboxylic acids is 1. The molecule has 9 nitrogen and oxygen atoms in total. The van der Waals surface area contributed by atoms with Crippen molar-refractivity contribution in [3.8, 4) is 0 Å². The molecule has 4 aliphatic rings. The standard InChI is InChI=1S/C22H23F4N7O2/c23-18-13(1-2-15(18)35-20(34)30-21-6-11(7-21)8-21)14-5-16(32-31-14)29-19-27-4-3-17-28-12(10-33(17)19)9-22(24,25)26/h3-5,10-11,13,15,18H,1-2,6-9H2,(H,30,34)(H2,27,29,31,32)/t11?,13-,15-,18+,21?/m1/s1. The fourth-order valence-electron chi connectivity index (χ4n) is 5.44. The number of hydrogen-bond donors (Lipinski definition) is 3. The second kappa shape index (κ2) is 7.82. The van der Waals surface area contributed by atoms with E-state index >= 15 is 4.39 Å². The molecule has 3 aromatic heterocycles. The highest BCUT2D eigenvalue weighted by molar-refractivity contribution is 5.69. The zero-order chi connectivity index (χ0) is 24.4. The number of H-pyrrole nitrogens is 1. The Morgan fingerprint density at radius 1 is 1.29 bits per heavy atom. The van der Waals surface area contributed by atoms with E-state index in [1.54, 1.807) is 6.07 Å². The number of hydrogen-bond acceptors (Lipinski definition) is 6. The van der Waals surface area contributed by atoms with E-state index in [0.29, 0.717) is 35.9 Å². The summed E-state index contributed by atoms with van der Waals surface area (Å²) in [5.41, 5.74) is 0.567. The number of halogens is 4. The summed E-state index contributed by atoms with van der Waals surface area (Å²) in [5.74, 6) is 0.725. The summed E-state index contributed by atoms with van der Waals surface area (Å²) in [5, 5.41) is 12.8. The molecule has 13 heteroatoms. The summed E-state index contributed by atoms with van der Waals surface area (Å²) in [6.45, 7) is 0. The van der Waals surface area contributed by atoms with Gasteiger partial charge in [-0.05, 0) is 44.1 Å². The number of aromatic amines is 1. The molecule has 0 aliphatic heterocycles. The number of ether oxygens (including phenoxy) is 1. The topological polar surface area (TPSA) is 109 Å². The van der Waals surface area contributed by atoms with Crippen molar-refractivity contribution in [2.75, 3.05) is 5.32 Å². The van der Waals surface area contributed by atoms with Gasteiger partial charge in [0.05, 0.1) is 12.1 Å². The van der Waals surface area contributed by atoms with Gasteiger partial charge in [0.2, 0.25) is 5.95 Å². The van der Waals surface area contributed by atoms with E-state index in [4.69, 9.17) is 4.74 Å². The summed E-state index contributed by atoms with van der Waals surface area (Å²) in [7, 11) is 0. The maximum atomic E-state index is 15.1. The molecule has 0 unspecified atom stereocenters. The van der Waals surface area contributed by atoms with Gasteiger partial charge in [0.1, 0.15) is 17.9 Å². The quantitative estimate of drug-likeness (QED) is 0.445. The molecule has 3 N–H and O–H groups in total. The Morgan fingerprint density at radius 3 is 2.80 bits per heavy atom. The van der Waals surface area contributed by atoms with E-state index in [-0.39, 0.29) is 17.2 Å². The summed E-state index contributed by atoms with van der Waals surface area (Å²) in [6, 6.07) is 3.12. The monoisotopic (exact) mass is 493 g/mol. The van der Waals surface area contributed by atoms with Crippen LogP contribution in [0.4, 0.5) is 34.1 Å². The molecule has 186 valence electrons. The van der Waals surface area contributed by atoms with Gasteiger partial charge in [-0.2, -0.15) is 18.3 Å². The van der Waals surface area contributed by atoms with Gasteiger partial charge in [0.25, 0.3) is 0 Å². The molecule has 4 saturated carbocycles. The molecule has 3 aromatic rings. The van der Waals surface area contributed by atoms with Gasteiger partial charge in [0, 0.05) is 35.6 Å². The largest absolute Gasteiger partial charge is 0.443 e. The lowest BCUT2D eigenvalue weighted by Crippen LogP contribution is -2.68. The maximum Gasteiger partial charge on any atom is 0.407 e. The average molecular weight is 493 g/mol. The summed E-state index contributed by atoms with van der Waals surface area (Å²) < 4.78 is 60.1. The van der Waals surface area contributed by atoms with Gasteiger partial charge in [-0.25, -0.2) is 19.2 Å². The number of alkyl halides is 4. The number of carbonyl (C=O) groups is 1. The van der Waals surface area contributed by atoms with Crippen LogP contribution in [-0.2, 0) is 11.2 Å². The number of aromatic nitrogens is 5. The van der Waals surface area contributed by atoms with Gasteiger partial charge >= 0.3 is 12.3 Å². The van der Waals surface area contributed by atoms with Crippen molar-refractivity contribution >= 4 is 23.5 Å². The Kier molecular flexibility index (Phi) is 4.94. The van der Waals surface area contributed by atoms with Crippen LogP contribution < -0.4 is 10.6 Å². The van der Waals surface area contributed by atoms with Crippen LogP contribution in [-0.4, -0.2) is 54.7 Å². The third-order valence-electron chi connectivity index (χ3n) is 7.22. The molecule has 35 heavy (non-hydrogen) atoms. The van der Waals surface area contributed by atoms with Crippen molar-refractivity contribution in [1.29, 1.82) is 0 Å². The van der Waals surface area contributed by atoms with Crippen molar-refractivity contribution in [1.82, 2.24) is 29.9 Å². The number of alkyl carbamates (subject to hydrolysis) is 1. The highest BCUT2D eigenvalue weighted by Gasteiger charge is 2.58. The van der Waals surface area contributed by atoms with Gasteiger partial charge in [-0.3, -0.25) is 9.50 Å². The number of amides is 1. The van der Waals surface area contributed by atoms with E-state index in [0.717, 1.165) is 19.3 Å². The molecule has 7 rings (SSSR count). The second-order valence-electron chi connectivity index (χ2n) is 9.81. The van der Waals surface area contributed by atoms with E-state index in [9.17, 15) is 18.0 Å². The summed E-state index contributed by atoms with van der Waals surface area (Å²) in [4.78, 5) is 20.4. The fourth-order valence-corrected chi connectivity index (χ4v) is 5.44. The van der Waals surface area contributed by atoms with Crippen molar-refractivity contribution in [2.45, 2.75) is 68.4 Å². The second-order valence-corrected chi connectivity index (χ2v) is 9.81. The highest BCUT2D eigenvalue weighted by Crippen LogP contribution is 2.57. The van der Waals surface area contributed by atoms with E-state index in [2.05, 4.69) is 30.8 Å². The number of anilines is 2. The summed E-state index contributed by atoms with van der Waals surface area (Å²) in [6.07, 6.45) is -1.82. The molecular weight excluding hydrogens is 470 g/mol. The molecule has 0 aromatic carbocycles. The zero-order valence-electron chi connectivity index (χ0n) is 18.5. The molecule has 0 radical (unpaired) electrons. The molecule has 3 atom stereocenters. The van der Waals surface area contributed by atoms with Crippen LogP contribution in [0.2, 0.25) is 0 Å². The lowest BCUT2D eigenvalue weighted by atomic mass is 9.50. The van der Waals surface area contributed by atoms with Gasteiger partial charge < -0.3 is 15.4 Å². The van der Waals surface area contributed by atoms with Gasteiger partial charge in [-0.1, -0.05) is 0 Å². The van der Waals surface area contributed by atoms with Crippen LogP contribution in [0.1, 0.15) is 49.4 Å². The van der Waals surface area contributed by atoms with Crippen LogP contribution in [0.3, 0.4) is 0 Å². The van der Waals surface area contributed by atoms with Crippen molar-refractivity contribution in [3.05, 3.63) is 35.9 Å². The molecule has 1 amide bonds.